The lowest BCUT2D eigenvalue weighted by molar-refractivity contribution is -0.150. The first-order chi connectivity index (χ1) is 16.8. The fourth-order valence-corrected chi connectivity index (χ4v) is 4.66. The number of hydrazine groups is 1. The molecular weight excluding hydrogens is 450 g/mol. The van der Waals surface area contributed by atoms with Crippen molar-refractivity contribution in [1.82, 2.24) is 15.8 Å². The van der Waals surface area contributed by atoms with Crippen molar-refractivity contribution in [2.24, 2.45) is 5.92 Å². The van der Waals surface area contributed by atoms with Crippen LogP contribution in [-0.4, -0.2) is 53.2 Å². The summed E-state index contributed by atoms with van der Waals surface area (Å²) < 4.78 is 5.52. The third-order valence-corrected chi connectivity index (χ3v) is 6.59. The molecule has 1 aliphatic heterocycles. The van der Waals surface area contributed by atoms with Crippen molar-refractivity contribution in [2.45, 2.75) is 44.6 Å². The number of amides is 3. The van der Waals surface area contributed by atoms with Gasteiger partial charge in [0.1, 0.15) is 6.61 Å². The van der Waals surface area contributed by atoms with Gasteiger partial charge in [0.25, 0.3) is 0 Å². The quantitative estimate of drug-likeness (QED) is 0.508. The van der Waals surface area contributed by atoms with E-state index in [1.54, 1.807) is 0 Å². The van der Waals surface area contributed by atoms with E-state index in [0.29, 0.717) is 19.4 Å². The lowest BCUT2D eigenvalue weighted by Gasteiger charge is -2.21. The Morgan fingerprint density at radius 3 is 2.34 bits per heavy atom. The first kappa shape index (κ1) is 24.3. The number of rotatable bonds is 9. The Labute approximate surface area is 203 Å². The molecule has 35 heavy (non-hydrogen) atoms. The second-order valence-electron chi connectivity index (χ2n) is 9.04. The standard InChI is InChI=1S/C26H29N3O6/c1-16(10-11-24(31)29-22(25(32)33)14-23(30)28-29)12-13-27-26(34)35-15-21-19-8-4-2-6-17(19)18-7-3-5-9-20(18)21/h2-9,16,21-22H,10-15H2,1H3,(H,27,34)(H,28,30)(H,32,33). The van der Waals surface area contributed by atoms with Gasteiger partial charge in [0.15, 0.2) is 6.04 Å². The van der Waals surface area contributed by atoms with Crippen LogP contribution in [0.3, 0.4) is 0 Å². The van der Waals surface area contributed by atoms with Crippen LogP contribution < -0.4 is 10.7 Å². The van der Waals surface area contributed by atoms with E-state index in [-0.39, 0.29) is 31.3 Å². The Balaban J connectivity index is 1.19. The minimum Gasteiger partial charge on any atom is -0.480 e. The van der Waals surface area contributed by atoms with Crippen LogP contribution in [0.2, 0.25) is 0 Å². The number of carboxylic acid groups (broad SMARTS) is 1. The number of hydrogen-bond acceptors (Lipinski definition) is 5. The number of carbonyl (C=O) groups excluding carboxylic acids is 3. The third kappa shape index (κ3) is 5.45. The number of aliphatic carboxylic acids is 1. The number of fused-ring (bicyclic) bond motifs is 3. The van der Waals surface area contributed by atoms with E-state index in [2.05, 4.69) is 35.0 Å². The summed E-state index contributed by atoms with van der Waals surface area (Å²) in [5.41, 5.74) is 6.95. The van der Waals surface area contributed by atoms with Gasteiger partial charge in [0.2, 0.25) is 11.8 Å². The molecule has 0 spiro atoms. The van der Waals surface area contributed by atoms with E-state index in [1.165, 1.54) is 11.1 Å². The Kier molecular flexibility index (Phi) is 7.33. The normalized spacial score (nSPS) is 17.3. The van der Waals surface area contributed by atoms with Crippen LogP contribution in [0.1, 0.15) is 49.7 Å². The molecule has 3 N–H and O–H groups in total. The molecule has 0 bridgehead atoms. The number of ether oxygens (including phenoxy) is 1. The van der Waals surface area contributed by atoms with Crippen molar-refractivity contribution in [2.75, 3.05) is 13.2 Å². The van der Waals surface area contributed by atoms with Crippen molar-refractivity contribution in [3.05, 3.63) is 59.7 Å². The number of carboxylic acids is 1. The molecule has 1 saturated heterocycles. The number of benzene rings is 2. The van der Waals surface area contributed by atoms with Crippen LogP contribution in [0.15, 0.2) is 48.5 Å². The Morgan fingerprint density at radius 1 is 1.09 bits per heavy atom. The van der Waals surface area contributed by atoms with Gasteiger partial charge in [-0.05, 0) is 41.0 Å². The summed E-state index contributed by atoms with van der Waals surface area (Å²) >= 11 is 0. The molecule has 1 aliphatic carbocycles. The van der Waals surface area contributed by atoms with Crippen LogP contribution in [-0.2, 0) is 19.1 Å². The maximum absolute atomic E-state index is 12.3. The van der Waals surface area contributed by atoms with E-state index in [9.17, 15) is 19.2 Å². The zero-order valence-corrected chi connectivity index (χ0v) is 19.5. The van der Waals surface area contributed by atoms with Crippen LogP contribution in [0.5, 0.6) is 0 Å². The fraction of sp³-hybridized carbons (Fsp3) is 0.385. The van der Waals surface area contributed by atoms with E-state index < -0.39 is 29.9 Å². The largest absolute Gasteiger partial charge is 0.480 e. The first-order valence-electron chi connectivity index (χ1n) is 11.8. The predicted molar refractivity (Wildman–Crippen MR) is 127 cm³/mol. The van der Waals surface area contributed by atoms with Crippen molar-refractivity contribution in [3.63, 3.8) is 0 Å². The summed E-state index contributed by atoms with van der Waals surface area (Å²) in [5, 5.41) is 12.8. The molecule has 2 unspecified atom stereocenters. The third-order valence-electron chi connectivity index (χ3n) is 6.59. The highest BCUT2D eigenvalue weighted by atomic mass is 16.5. The number of alkyl carbamates (subject to hydrolysis) is 1. The van der Waals surface area contributed by atoms with E-state index in [4.69, 9.17) is 9.84 Å². The van der Waals surface area contributed by atoms with Crippen molar-refractivity contribution >= 4 is 23.9 Å². The Hall–Kier alpha value is -3.88. The Bertz CT molecular complexity index is 1090. The van der Waals surface area contributed by atoms with Gasteiger partial charge in [0, 0.05) is 18.9 Å². The molecule has 0 radical (unpaired) electrons. The van der Waals surface area contributed by atoms with Gasteiger partial charge in [0.05, 0.1) is 6.42 Å². The molecule has 9 heteroatoms. The lowest BCUT2D eigenvalue weighted by atomic mass is 9.98. The summed E-state index contributed by atoms with van der Waals surface area (Å²) in [6, 6.07) is 15.1. The molecule has 4 rings (SSSR count). The summed E-state index contributed by atoms with van der Waals surface area (Å²) in [6.45, 7) is 2.59. The molecular formula is C26H29N3O6. The minimum absolute atomic E-state index is 0.00112. The smallest absolute Gasteiger partial charge is 0.407 e. The molecule has 184 valence electrons. The van der Waals surface area contributed by atoms with Crippen molar-refractivity contribution in [1.29, 1.82) is 0 Å². The monoisotopic (exact) mass is 479 g/mol. The van der Waals surface area contributed by atoms with Gasteiger partial charge >= 0.3 is 12.1 Å². The maximum atomic E-state index is 12.3. The van der Waals surface area contributed by atoms with Gasteiger partial charge < -0.3 is 15.2 Å². The van der Waals surface area contributed by atoms with Gasteiger partial charge in [-0.25, -0.2) is 14.6 Å². The zero-order valence-electron chi connectivity index (χ0n) is 19.5. The zero-order chi connectivity index (χ0) is 24.9. The number of carbonyl (C=O) groups is 4. The molecule has 1 fully saturated rings. The number of hydrogen-bond donors (Lipinski definition) is 3. The minimum atomic E-state index is -1.21. The number of nitrogens with zero attached hydrogens (tertiary/aromatic N) is 1. The van der Waals surface area contributed by atoms with Gasteiger partial charge in [-0.15, -0.1) is 0 Å². The van der Waals surface area contributed by atoms with Crippen LogP contribution in [0.4, 0.5) is 4.79 Å². The van der Waals surface area contributed by atoms with E-state index in [1.807, 2.05) is 31.2 Å². The van der Waals surface area contributed by atoms with Crippen molar-refractivity contribution in [3.8, 4) is 11.1 Å². The molecule has 2 atom stereocenters. The summed E-state index contributed by atoms with van der Waals surface area (Å²) in [7, 11) is 0. The van der Waals surface area contributed by atoms with Gasteiger partial charge in [-0.2, -0.15) is 0 Å². The second kappa shape index (κ2) is 10.6. The highest BCUT2D eigenvalue weighted by molar-refractivity contribution is 5.93. The molecule has 0 aromatic heterocycles. The van der Waals surface area contributed by atoms with Crippen LogP contribution in [0.25, 0.3) is 11.1 Å². The maximum Gasteiger partial charge on any atom is 0.407 e. The SMILES string of the molecule is CC(CCNC(=O)OCC1c2ccccc2-c2ccccc21)CCC(=O)N1NC(=O)CC1C(=O)O. The average molecular weight is 480 g/mol. The molecule has 0 saturated carbocycles. The number of nitrogens with one attached hydrogen (secondary N) is 2. The molecule has 3 amide bonds. The summed E-state index contributed by atoms with van der Waals surface area (Å²) in [4.78, 5) is 47.3. The van der Waals surface area contributed by atoms with Crippen molar-refractivity contribution < 1.29 is 29.0 Å². The van der Waals surface area contributed by atoms with Gasteiger partial charge in [-0.1, -0.05) is 55.5 Å². The van der Waals surface area contributed by atoms with E-state index >= 15 is 0 Å². The highest BCUT2D eigenvalue weighted by Crippen LogP contribution is 2.44. The molecule has 9 nitrogen and oxygen atoms in total. The molecule has 2 aliphatic rings. The fourth-order valence-electron chi connectivity index (χ4n) is 4.66. The lowest BCUT2D eigenvalue weighted by Crippen LogP contribution is -2.46. The second-order valence-corrected chi connectivity index (χ2v) is 9.04. The average Bonchev–Trinajstić information content (AvgIpc) is 3.39. The topological polar surface area (TPSA) is 125 Å². The first-order valence-corrected chi connectivity index (χ1v) is 11.8. The van der Waals surface area contributed by atoms with E-state index in [0.717, 1.165) is 16.1 Å². The summed E-state index contributed by atoms with van der Waals surface area (Å²) in [6.07, 6.45) is 0.520. The summed E-state index contributed by atoms with van der Waals surface area (Å²) in [5.74, 6) is -2.02. The Morgan fingerprint density at radius 2 is 1.71 bits per heavy atom. The molecule has 1 heterocycles. The van der Waals surface area contributed by atoms with Gasteiger partial charge in [-0.3, -0.25) is 15.0 Å². The molecule has 2 aromatic carbocycles. The van der Waals surface area contributed by atoms with Crippen LogP contribution >= 0.6 is 0 Å². The highest BCUT2D eigenvalue weighted by Gasteiger charge is 2.38. The molecule has 2 aromatic rings. The van der Waals surface area contributed by atoms with Crippen LogP contribution in [0, 0.1) is 5.92 Å². The predicted octanol–water partition coefficient (Wildman–Crippen LogP) is 3.05.